The molecule has 0 radical (unpaired) electrons. The summed E-state index contributed by atoms with van der Waals surface area (Å²) in [7, 11) is 1.36. The summed E-state index contributed by atoms with van der Waals surface area (Å²) in [6, 6.07) is 26.4. The highest BCUT2D eigenvalue weighted by molar-refractivity contribution is 7.44. The van der Waals surface area contributed by atoms with Crippen LogP contribution in [0, 0.1) is 18.3 Å². The van der Waals surface area contributed by atoms with Crippen molar-refractivity contribution < 1.29 is 32.8 Å². The van der Waals surface area contributed by atoms with Crippen LogP contribution in [0.25, 0.3) is 0 Å². The average Bonchev–Trinajstić information content (AvgIpc) is 3.69. The molecule has 15 heteroatoms. The van der Waals surface area contributed by atoms with Crippen LogP contribution in [0.2, 0.25) is 0 Å². The number of methoxy groups -OCH3 is 2. The third-order valence-corrected chi connectivity index (χ3v) is 12.8. The highest BCUT2D eigenvalue weighted by Gasteiger charge is 2.68. The Bertz CT molecular complexity index is 2130. The van der Waals surface area contributed by atoms with E-state index in [1.54, 1.807) is 26.0 Å². The number of fused-ring (bicyclic) bond motifs is 2. The number of aryl methyl sites for hydroxylation is 1. The van der Waals surface area contributed by atoms with Gasteiger partial charge in [-0.25, -0.2) is 9.46 Å². The van der Waals surface area contributed by atoms with E-state index in [-0.39, 0.29) is 49.7 Å². The lowest BCUT2D eigenvalue weighted by atomic mass is 9.79. The lowest BCUT2D eigenvalue weighted by molar-refractivity contribution is -0.182. The number of nitrogens with one attached hydrogen (secondary N) is 1. The first-order valence-corrected chi connectivity index (χ1v) is 20.4. The minimum absolute atomic E-state index is 0.0274. The molecule has 1 N–H and O–H groups in total. The van der Waals surface area contributed by atoms with E-state index in [2.05, 4.69) is 15.7 Å². The first-order valence-electron chi connectivity index (χ1n) is 19.3. The Morgan fingerprint density at radius 3 is 2.05 bits per heavy atom. The number of rotatable bonds is 17. The van der Waals surface area contributed by atoms with Gasteiger partial charge in [0.05, 0.1) is 46.5 Å². The van der Waals surface area contributed by atoms with Gasteiger partial charge in [0.25, 0.3) is 14.1 Å². The van der Waals surface area contributed by atoms with E-state index in [0.29, 0.717) is 11.5 Å². The maximum Gasteiger partial charge on any atom is 0.330 e. The number of carbonyl (C=O) groups is 1. The van der Waals surface area contributed by atoms with Crippen LogP contribution in [-0.4, -0.2) is 88.8 Å². The molecular weight excluding hydrogens is 761 g/mol. The Labute approximate surface area is 340 Å². The highest BCUT2D eigenvalue weighted by Crippen LogP contribution is 2.57. The standard InChI is InChI=1S/C43H52N5O9P/c1-28(2)48(29(3)4)58(55-24-12-23-44)57-38-37-40(46-25-30(5)39(50)45-41(46)51)56-42(38,26-47(37)31(6)49)27-54-43(32-13-10-9-11-14-32,33-15-19-35(52-7)20-16-33)34-17-21-36(53-8)22-18-34/h9-11,13-22,25,28-29,37-38,40H,12,24,26-27H2,1-8H3,(H,45,50,51)/t37-,38+,40+,42-,58?/m0/s1. The van der Waals surface area contributed by atoms with Gasteiger partial charge in [0.1, 0.15) is 34.8 Å². The van der Waals surface area contributed by atoms with E-state index in [1.807, 2.05) is 107 Å². The molecule has 2 saturated heterocycles. The van der Waals surface area contributed by atoms with Gasteiger partial charge in [0, 0.05) is 30.8 Å². The van der Waals surface area contributed by atoms with E-state index in [9.17, 15) is 19.6 Å². The summed E-state index contributed by atoms with van der Waals surface area (Å²) < 4.78 is 42.5. The van der Waals surface area contributed by atoms with Crippen molar-refractivity contribution in [3.63, 3.8) is 0 Å². The second kappa shape index (κ2) is 18.0. The molecule has 2 bridgehead atoms. The van der Waals surface area contributed by atoms with Gasteiger partial charge in [-0.1, -0.05) is 54.6 Å². The predicted octanol–water partition coefficient (Wildman–Crippen LogP) is 6.03. The van der Waals surface area contributed by atoms with Crippen molar-refractivity contribution in [3.8, 4) is 17.6 Å². The summed E-state index contributed by atoms with van der Waals surface area (Å²) in [5, 5.41) is 9.44. The smallest absolute Gasteiger partial charge is 0.330 e. The lowest BCUT2D eigenvalue weighted by Crippen LogP contribution is -2.52. The Morgan fingerprint density at radius 1 is 0.966 bits per heavy atom. The Morgan fingerprint density at radius 2 is 1.53 bits per heavy atom. The summed E-state index contributed by atoms with van der Waals surface area (Å²) >= 11 is 0. The van der Waals surface area contributed by atoms with E-state index in [4.69, 9.17) is 28.0 Å². The number of amides is 1. The maximum absolute atomic E-state index is 13.7. The molecule has 2 aliphatic heterocycles. The first kappa shape index (κ1) is 42.7. The largest absolute Gasteiger partial charge is 0.497 e. The molecule has 0 spiro atoms. The van der Waals surface area contributed by atoms with Crippen molar-refractivity contribution in [1.82, 2.24) is 19.1 Å². The minimum Gasteiger partial charge on any atom is -0.497 e. The van der Waals surface area contributed by atoms with Crippen molar-refractivity contribution in [2.45, 2.75) is 89.6 Å². The number of H-pyrrole nitrogens is 1. The van der Waals surface area contributed by atoms with Crippen LogP contribution in [0.4, 0.5) is 0 Å². The summed E-state index contributed by atoms with van der Waals surface area (Å²) in [6.45, 7) is 11.3. The van der Waals surface area contributed by atoms with E-state index < -0.39 is 49.4 Å². The van der Waals surface area contributed by atoms with Crippen LogP contribution in [0.1, 0.15) is 69.5 Å². The van der Waals surface area contributed by atoms with Crippen molar-refractivity contribution in [2.75, 3.05) is 34.0 Å². The number of morpholine rings is 1. The summed E-state index contributed by atoms with van der Waals surface area (Å²) in [5.74, 6) is 1.06. The Balaban J connectivity index is 1.56. The average molecular weight is 814 g/mol. The molecule has 0 aliphatic carbocycles. The Hall–Kier alpha value is -4.87. The van der Waals surface area contributed by atoms with Gasteiger partial charge in [-0.05, 0) is 75.6 Å². The maximum atomic E-state index is 13.7. The number of ether oxygens (including phenoxy) is 4. The van der Waals surface area contributed by atoms with Gasteiger partial charge in [0.15, 0.2) is 6.23 Å². The number of hydrogen-bond donors (Lipinski definition) is 1. The van der Waals surface area contributed by atoms with E-state index >= 15 is 0 Å². The number of aromatic amines is 1. The van der Waals surface area contributed by atoms with Gasteiger partial charge in [-0.2, -0.15) is 5.26 Å². The molecule has 5 atom stereocenters. The molecule has 2 aliphatic rings. The van der Waals surface area contributed by atoms with Crippen LogP contribution in [0.5, 0.6) is 11.5 Å². The number of aromatic nitrogens is 2. The fourth-order valence-electron chi connectivity index (χ4n) is 8.01. The summed E-state index contributed by atoms with van der Waals surface area (Å²) in [4.78, 5) is 43.9. The van der Waals surface area contributed by atoms with Gasteiger partial charge >= 0.3 is 5.69 Å². The topological polar surface area (TPSA) is 158 Å². The van der Waals surface area contributed by atoms with Gasteiger partial charge in [-0.3, -0.25) is 19.1 Å². The van der Waals surface area contributed by atoms with Crippen LogP contribution in [0.3, 0.4) is 0 Å². The zero-order valence-corrected chi connectivity index (χ0v) is 35.1. The molecule has 4 aromatic rings. The predicted molar refractivity (Wildman–Crippen MR) is 218 cm³/mol. The zero-order chi connectivity index (χ0) is 41.8. The first-order chi connectivity index (χ1) is 27.8. The molecule has 6 rings (SSSR count). The molecule has 1 aromatic heterocycles. The molecule has 58 heavy (non-hydrogen) atoms. The van der Waals surface area contributed by atoms with Crippen LogP contribution in [0.15, 0.2) is 94.6 Å². The fraction of sp³-hybridized carbons (Fsp3) is 0.442. The molecular formula is C43H52N5O9P. The lowest BCUT2D eigenvalue weighted by Gasteiger charge is -2.42. The van der Waals surface area contributed by atoms with Gasteiger partial charge < -0.3 is 32.9 Å². The quantitative estimate of drug-likeness (QED) is 0.0754. The summed E-state index contributed by atoms with van der Waals surface area (Å²) in [6.07, 6.45) is -0.401. The molecule has 2 fully saturated rings. The minimum atomic E-state index is -1.86. The van der Waals surface area contributed by atoms with Crippen LogP contribution in [-0.2, 0) is 28.9 Å². The van der Waals surface area contributed by atoms with Gasteiger partial charge in [-0.15, -0.1) is 0 Å². The number of hydrogen-bond acceptors (Lipinski definition) is 11. The summed E-state index contributed by atoms with van der Waals surface area (Å²) in [5.41, 5.74) is -1.20. The molecule has 3 aromatic carbocycles. The molecule has 308 valence electrons. The second-order valence-corrected chi connectivity index (χ2v) is 16.5. The monoisotopic (exact) mass is 813 g/mol. The SMILES string of the molecule is COc1ccc(C(OC[C@]23CN(C(C)=O)[C@H]([C@H](n4cc(C)c(=O)[nH]c4=O)O2)[C@H]3OP(OCCC#N)N(C(C)C)C(C)C)(c2ccccc2)c2ccc(OC)cc2)cc1. The zero-order valence-electron chi connectivity index (χ0n) is 34.2. The van der Waals surface area contributed by atoms with Crippen molar-refractivity contribution in [2.24, 2.45) is 0 Å². The molecule has 0 saturated carbocycles. The molecule has 1 unspecified atom stereocenters. The fourth-order valence-corrected chi connectivity index (χ4v) is 9.83. The van der Waals surface area contributed by atoms with Gasteiger partial charge in [0.2, 0.25) is 5.91 Å². The number of nitriles is 1. The van der Waals surface area contributed by atoms with Crippen LogP contribution < -0.4 is 20.7 Å². The number of nitrogens with zero attached hydrogens (tertiary/aromatic N) is 4. The van der Waals surface area contributed by atoms with Crippen molar-refractivity contribution in [1.29, 1.82) is 5.26 Å². The van der Waals surface area contributed by atoms with E-state index in [0.717, 1.165) is 16.7 Å². The number of benzene rings is 3. The normalized spacial score (nSPS) is 20.8. The second-order valence-electron chi connectivity index (χ2n) is 15.1. The molecule has 1 amide bonds. The highest BCUT2D eigenvalue weighted by atomic mass is 31.2. The number of likely N-dealkylation sites (tertiary alicyclic amines) is 1. The van der Waals surface area contributed by atoms with Crippen LogP contribution >= 0.6 is 8.53 Å². The third-order valence-electron chi connectivity index (χ3n) is 10.7. The molecule has 3 heterocycles. The molecule has 14 nitrogen and oxygen atoms in total. The van der Waals surface area contributed by atoms with Crippen molar-refractivity contribution >= 4 is 14.4 Å². The number of carbonyl (C=O) groups excluding carboxylic acids is 1. The van der Waals surface area contributed by atoms with Crippen molar-refractivity contribution in [3.05, 3.63) is 128 Å². The van der Waals surface area contributed by atoms with E-state index in [1.165, 1.54) is 17.7 Å². The third kappa shape index (κ3) is 8.21. The Kier molecular flexibility index (Phi) is 13.2.